The first-order valence-corrected chi connectivity index (χ1v) is 6.58. The highest BCUT2D eigenvalue weighted by Gasteiger charge is 2.04. The zero-order chi connectivity index (χ0) is 13.8. The van der Waals surface area contributed by atoms with Crippen molar-refractivity contribution < 1.29 is 4.74 Å². The van der Waals surface area contributed by atoms with Gasteiger partial charge in [0.25, 0.3) is 0 Å². The average molecular weight is 264 g/mol. The number of nitrogens with one attached hydrogen (secondary N) is 1. The quantitative estimate of drug-likeness (QED) is 0.777. The highest BCUT2D eigenvalue weighted by molar-refractivity contribution is 5.93. The fraction of sp³-hybridized carbons (Fsp3) is 0.118. The molecule has 3 heteroatoms. The van der Waals surface area contributed by atoms with Crippen LogP contribution < -0.4 is 10.1 Å². The fourth-order valence-corrected chi connectivity index (χ4v) is 2.31. The number of rotatable bonds is 4. The van der Waals surface area contributed by atoms with E-state index in [1.54, 1.807) is 13.3 Å². The van der Waals surface area contributed by atoms with Crippen molar-refractivity contribution >= 4 is 16.5 Å². The van der Waals surface area contributed by atoms with Gasteiger partial charge in [0, 0.05) is 29.4 Å². The molecule has 0 fully saturated rings. The molecule has 1 N–H and O–H groups in total. The lowest BCUT2D eigenvalue weighted by molar-refractivity contribution is 0.393. The number of hydrogen-bond donors (Lipinski definition) is 1. The Morgan fingerprint density at radius 1 is 1.00 bits per heavy atom. The van der Waals surface area contributed by atoms with E-state index in [0.717, 1.165) is 11.3 Å². The van der Waals surface area contributed by atoms with Crippen molar-refractivity contribution in [2.45, 2.75) is 6.54 Å². The van der Waals surface area contributed by atoms with Crippen LogP contribution in [0.5, 0.6) is 5.88 Å². The Morgan fingerprint density at radius 3 is 2.75 bits per heavy atom. The summed E-state index contributed by atoms with van der Waals surface area (Å²) in [6, 6.07) is 18.5. The highest BCUT2D eigenvalue weighted by Crippen LogP contribution is 2.24. The number of anilines is 1. The van der Waals surface area contributed by atoms with Crippen LogP contribution in [0.2, 0.25) is 0 Å². The lowest BCUT2D eigenvalue weighted by Gasteiger charge is -2.11. The highest BCUT2D eigenvalue weighted by atomic mass is 16.5. The molecule has 3 aromatic rings. The molecular weight excluding hydrogens is 248 g/mol. The summed E-state index contributed by atoms with van der Waals surface area (Å²) < 4.78 is 5.27. The molecule has 0 amide bonds. The molecule has 3 rings (SSSR count). The molecule has 0 aliphatic rings. The normalized spacial score (nSPS) is 10.4. The minimum Gasteiger partial charge on any atom is -0.481 e. The van der Waals surface area contributed by atoms with Gasteiger partial charge < -0.3 is 10.1 Å². The topological polar surface area (TPSA) is 34.1 Å². The van der Waals surface area contributed by atoms with Crippen molar-refractivity contribution in [3.8, 4) is 5.88 Å². The van der Waals surface area contributed by atoms with E-state index in [1.807, 2.05) is 12.1 Å². The van der Waals surface area contributed by atoms with Crippen LogP contribution in [-0.2, 0) is 6.54 Å². The number of hydrogen-bond acceptors (Lipinski definition) is 3. The minimum absolute atomic E-state index is 0.667. The Hall–Kier alpha value is -2.55. The van der Waals surface area contributed by atoms with Crippen LogP contribution in [0.3, 0.4) is 0 Å². The van der Waals surface area contributed by atoms with E-state index in [9.17, 15) is 0 Å². The van der Waals surface area contributed by atoms with Gasteiger partial charge in [-0.3, -0.25) is 0 Å². The summed E-state index contributed by atoms with van der Waals surface area (Å²) in [4.78, 5) is 4.21. The van der Waals surface area contributed by atoms with Crippen molar-refractivity contribution in [3.63, 3.8) is 0 Å². The fourth-order valence-electron chi connectivity index (χ4n) is 2.31. The zero-order valence-electron chi connectivity index (χ0n) is 11.3. The predicted molar refractivity (Wildman–Crippen MR) is 82.1 cm³/mol. The minimum atomic E-state index is 0.667. The van der Waals surface area contributed by atoms with Gasteiger partial charge in [-0.25, -0.2) is 4.98 Å². The molecule has 2 aromatic carbocycles. The molecule has 0 atom stereocenters. The molecule has 3 nitrogen and oxygen atoms in total. The van der Waals surface area contributed by atoms with E-state index in [4.69, 9.17) is 4.74 Å². The van der Waals surface area contributed by atoms with Gasteiger partial charge in [0.05, 0.1) is 7.11 Å². The largest absolute Gasteiger partial charge is 0.481 e. The van der Waals surface area contributed by atoms with Gasteiger partial charge in [-0.2, -0.15) is 0 Å². The smallest absolute Gasteiger partial charge is 0.218 e. The SMILES string of the molecule is COc1ncccc1CNc1cccc2ccccc12. The number of fused-ring (bicyclic) bond motifs is 1. The Kier molecular flexibility index (Phi) is 3.50. The van der Waals surface area contributed by atoms with Crippen LogP contribution >= 0.6 is 0 Å². The molecule has 0 spiro atoms. The van der Waals surface area contributed by atoms with Gasteiger partial charge in [0.1, 0.15) is 0 Å². The molecular formula is C17H16N2O. The molecule has 1 aromatic heterocycles. The molecule has 0 saturated carbocycles. The number of nitrogens with zero attached hydrogens (tertiary/aromatic N) is 1. The third kappa shape index (κ3) is 2.43. The van der Waals surface area contributed by atoms with E-state index in [0.29, 0.717) is 12.4 Å². The van der Waals surface area contributed by atoms with Crippen molar-refractivity contribution in [2.24, 2.45) is 0 Å². The van der Waals surface area contributed by atoms with Gasteiger partial charge >= 0.3 is 0 Å². The summed E-state index contributed by atoms with van der Waals surface area (Å²) in [5.74, 6) is 0.667. The summed E-state index contributed by atoms with van der Waals surface area (Å²) in [6.07, 6.45) is 1.74. The van der Waals surface area contributed by atoms with Gasteiger partial charge in [-0.1, -0.05) is 42.5 Å². The van der Waals surface area contributed by atoms with E-state index in [1.165, 1.54) is 10.8 Å². The second kappa shape index (κ2) is 5.61. The molecule has 20 heavy (non-hydrogen) atoms. The first-order chi connectivity index (χ1) is 9.88. The van der Waals surface area contributed by atoms with Crippen LogP contribution in [0.4, 0.5) is 5.69 Å². The van der Waals surface area contributed by atoms with Gasteiger partial charge in [0.2, 0.25) is 5.88 Å². The zero-order valence-corrected chi connectivity index (χ0v) is 11.3. The lowest BCUT2D eigenvalue weighted by Crippen LogP contribution is -2.03. The third-order valence-electron chi connectivity index (χ3n) is 3.30. The average Bonchev–Trinajstić information content (AvgIpc) is 2.53. The second-order valence-corrected chi connectivity index (χ2v) is 4.55. The Balaban J connectivity index is 1.87. The summed E-state index contributed by atoms with van der Waals surface area (Å²) in [6.45, 7) is 0.686. The summed E-state index contributed by atoms with van der Waals surface area (Å²) in [5.41, 5.74) is 2.16. The third-order valence-corrected chi connectivity index (χ3v) is 3.30. The van der Waals surface area contributed by atoms with Crippen LogP contribution in [0.15, 0.2) is 60.8 Å². The standard InChI is InChI=1S/C17H16N2O/c1-20-17-14(8-5-11-18-17)12-19-16-10-4-7-13-6-2-3-9-15(13)16/h2-11,19H,12H2,1H3. The molecule has 100 valence electrons. The van der Waals surface area contributed by atoms with E-state index >= 15 is 0 Å². The Morgan fingerprint density at radius 2 is 1.85 bits per heavy atom. The first kappa shape index (κ1) is 12.5. The summed E-state index contributed by atoms with van der Waals surface area (Å²) >= 11 is 0. The maximum absolute atomic E-state index is 5.27. The van der Waals surface area contributed by atoms with E-state index in [-0.39, 0.29) is 0 Å². The monoisotopic (exact) mass is 264 g/mol. The molecule has 0 aliphatic carbocycles. The van der Waals surface area contributed by atoms with Crippen molar-refractivity contribution in [1.82, 2.24) is 4.98 Å². The number of ether oxygens (including phenoxy) is 1. The Labute approximate surface area is 118 Å². The molecule has 0 unspecified atom stereocenters. The van der Waals surface area contributed by atoms with Crippen molar-refractivity contribution in [2.75, 3.05) is 12.4 Å². The number of methoxy groups -OCH3 is 1. The van der Waals surface area contributed by atoms with Crippen LogP contribution in [0.25, 0.3) is 10.8 Å². The van der Waals surface area contributed by atoms with Gasteiger partial charge in [0.15, 0.2) is 0 Å². The number of benzene rings is 2. The van der Waals surface area contributed by atoms with E-state index < -0.39 is 0 Å². The maximum Gasteiger partial charge on any atom is 0.218 e. The van der Waals surface area contributed by atoms with E-state index in [2.05, 4.69) is 52.8 Å². The molecule has 0 aliphatic heterocycles. The summed E-state index contributed by atoms with van der Waals surface area (Å²) in [7, 11) is 1.64. The molecule has 0 radical (unpaired) electrons. The Bertz CT molecular complexity index is 720. The number of pyridine rings is 1. The second-order valence-electron chi connectivity index (χ2n) is 4.55. The summed E-state index contributed by atoms with van der Waals surface area (Å²) in [5, 5.41) is 5.91. The van der Waals surface area contributed by atoms with Crippen LogP contribution in [0.1, 0.15) is 5.56 Å². The van der Waals surface area contributed by atoms with Crippen LogP contribution in [0, 0.1) is 0 Å². The van der Waals surface area contributed by atoms with Gasteiger partial charge in [-0.05, 0) is 17.5 Å². The predicted octanol–water partition coefficient (Wildman–Crippen LogP) is 3.86. The van der Waals surface area contributed by atoms with Crippen molar-refractivity contribution in [3.05, 3.63) is 66.4 Å². The molecule has 1 heterocycles. The first-order valence-electron chi connectivity index (χ1n) is 6.58. The number of aromatic nitrogens is 1. The van der Waals surface area contributed by atoms with Gasteiger partial charge in [-0.15, -0.1) is 0 Å². The van der Waals surface area contributed by atoms with Crippen molar-refractivity contribution in [1.29, 1.82) is 0 Å². The molecule has 0 saturated heterocycles. The maximum atomic E-state index is 5.27. The van der Waals surface area contributed by atoms with Crippen LogP contribution in [-0.4, -0.2) is 12.1 Å². The molecule has 0 bridgehead atoms. The lowest BCUT2D eigenvalue weighted by atomic mass is 10.1.